The summed E-state index contributed by atoms with van der Waals surface area (Å²) in [6.45, 7) is 0.318. The molecule has 2 amide bonds. The van der Waals surface area contributed by atoms with Crippen LogP contribution in [-0.4, -0.2) is 42.4 Å². The number of fused-ring (bicyclic) bond motifs is 3. The number of aromatic amines is 1. The first-order valence-electron chi connectivity index (χ1n) is 12.8. The second kappa shape index (κ2) is 10.2. The standard InChI is InChI=1S/C29H28F2N4O4/c1-37-22-13-23(38-2)25(31)27(24(22)30)34-15-18-14-33-28-19(11-12-32-28)26(18)35(29(34)36)20-9-6-10-21(20)39-16-17-7-4-3-5-8-17/h3-5,7-8,11-14,20-21H,6,9-10,15-16H2,1-2H3,(H,32,33). The van der Waals surface area contributed by atoms with Crippen molar-refractivity contribution >= 4 is 28.4 Å². The van der Waals surface area contributed by atoms with Crippen molar-refractivity contribution in [3.63, 3.8) is 0 Å². The van der Waals surface area contributed by atoms with Crippen molar-refractivity contribution in [2.75, 3.05) is 24.0 Å². The molecular formula is C29H28F2N4O4. The largest absolute Gasteiger partial charge is 0.493 e. The number of halogens is 2. The van der Waals surface area contributed by atoms with Crippen LogP contribution in [0, 0.1) is 11.6 Å². The third-order valence-corrected chi connectivity index (χ3v) is 7.52. The van der Waals surface area contributed by atoms with E-state index in [1.165, 1.54) is 14.2 Å². The number of nitrogens with zero attached hydrogens (tertiary/aromatic N) is 3. The predicted octanol–water partition coefficient (Wildman–Crippen LogP) is 5.94. The van der Waals surface area contributed by atoms with Gasteiger partial charge in [0.1, 0.15) is 11.3 Å². The topological polar surface area (TPSA) is 79.9 Å². The summed E-state index contributed by atoms with van der Waals surface area (Å²) in [5.74, 6) is -2.41. The molecule has 39 heavy (non-hydrogen) atoms. The number of H-pyrrole nitrogens is 1. The Labute approximate surface area is 224 Å². The maximum Gasteiger partial charge on any atom is 0.329 e. The number of amides is 2. The van der Waals surface area contributed by atoms with Crippen molar-refractivity contribution < 1.29 is 27.8 Å². The third-order valence-electron chi connectivity index (χ3n) is 7.52. The summed E-state index contributed by atoms with van der Waals surface area (Å²) in [5, 5.41) is 0.762. The number of ether oxygens (including phenoxy) is 3. The molecule has 10 heteroatoms. The first-order valence-corrected chi connectivity index (χ1v) is 12.8. The number of hydrogen-bond acceptors (Lipinski definition) is 5. The number of hydrogen-bond donors (Lipinski definition) is 1. The Bertz CT molecular complexity index is 1500. The highest BCUT2D eigenvalue weighted by Gasteiger charge is 2.44. The van der Waals surface area contributed by atoms with E-state index in [4.69, 9.17) is 14.2 Å². The van der Waals surface area contributed by atoms with Gasteiger partial charge in [0, 0.05) is 29.4 Å². The monoisotopic (exact) mass is 534 g/mol. The van der Waals surface area contributed by atoms with Crippen molar-refractivity contribution in [1.82, 2.24) is 9.97 Å². The zero-order valence-electron chi connectivity index (χ0n) is 21.6. The van der Waals surface area contributed by atoms with Crippen LogP contribution in [0.15, 0.2) is 54.9 Å². The normalized spacial score (nSPS) is 19.0. The van der Waals surface area contributed by atoms with Gasteiger partial charge in [0.2, 0.25) is 0 Å². The number of methoxy groups -OCH3 is 2. The average Bonchev–Trinajstić information content (AvgIpc) is 3.63. The second-order valence-corrected chi connectivity index (χ2v) is 9.70. The predicted molar refractivity (Wildman–Crippen MR) is 142 cm³/mol. The summed E-state index contributed by atoms with van der Waals surface area (Å²) >= 11 is 0. The minimum atomic E-state index is -0.980. The molecule has 1 aliphatic heterocycles. The van der Waals surface area contributed by atoms with E-state index in [1.807, 2.05) is 36.4 Å². The summed E-state index contributed by atoms with van der Waals surface area (Å²) in [7, 11) is 2.55. The van der Waals surface area contributed by atoms with Crippen LogP contribution in [0.2, 0.25) is 0 Å². The van der Waals surface area contributed by atoms with Gasteiger partial charge in [0.15, 0.2) is 23.1 Å². The van der Waals surface area contributed by atoms with Gasteiger partial charge in [-0.2, -0.15) is 0 Å². The molecule has 0 spiro atoms. The number of carbonyl (C=O) groups is 1. The average molecular weight is 535 g/mol. The number of aromatic nitrogens is 2. The molecular weight excluding hydrogens is 506 g/mol. The Morgan fingerprint density at radius 2 is 1.77 bits per heavy atom. The molecule has 4 aromatic rings. The molecule has 3 heterocycles. The number of carbonyl (C=O) groups excluding carboxylic acids is 1. The Hall–Kier alpha value is -4.18. The lowest BCUT2D eigenvalue weighted by Crippen LogP contribution is -2.55. The van der Waals surface area contributed by atoms with Gasteiger partial charge >= 0.3 is 6.03 Å². The van der Waals surface area contributed by atoms with Crippen LogP contribution in [0.3, 0.4) is 0 Å². The van der Waals surface area contributed by atoms with Crippen LogP contribution < -0.4 is 19.3 Å². The summed E-state index contributed by atoms with van der Waals surface area (Å²) in [5.41, 5.74) is 2.47. The van der Waals surface area contributed by atoms with Crippen LogP contribution in [0.1, 0.15) is 30.4 Å². The molecule has 2 aromatic heterocycles. The third kappa shape index (κ3) is 4.24. The fourth-order valence-electron chi connectivity index (χ4n) is 5.66. The molecule has 6 rings (SSSR count). The molecule has 1 N–H and O–H groups in total. The van der Waals surface area contributed by atoms with E-state index < -0.39 is 23.4 Å². The van der Waals surface area contributed by atoms with Crippen LogP contribution in [0.4, 0.5) is 25.0 Å². The van der Waals surface area contributed by atoms with E-state index in [-0.39, 0.29) is 30.2 Å². The summed E-state index contributed by atoms with van der Waals surface area (Å²) in [4.78, 5) is 24.6. The van der Waals surface area contributed by atoms with Gasteiger partial charge in [-0.05, 0) is 30.9 Å². The van der Waals surface area contributed by atoms with Crippen molar-refractivity contribution in [3.05, 3.63) is 77.6 Å². The van der Waals surface area contributed by atoms with Crippen molar-refractivity contribution in [2.24, 2.45) is 0 Å². The number of pyridine rings is 1. The number of benzene rings is 2. The molecule has 2 aliphatic rings. The number of rotatable bonds is 7. The smallest absolute Gasteiger partial charge is 0.329 e. The van der Waals surface area contributed by atoms with Crippen molar-refractivity contribution in [1.29, 1.82) is 0 Å². The lowest BCUT2D eigenvalue weighted by molar-refractivity contribution is 0.0351. The first-order chi connectivity index (χ1) is 19.0. The lowest BCUT2D eigenvalue weighted by Gasteiger charge is -2.42. The van der Waals surface area contributed by atoms with Gasteiger partial charge in [0.05, 0.1) is 45.2 Å². The molecule has 1 saturated carbocycles. The molecule has 2 aromatic carbocycles. The van der Waals surface area contributed by atoms with E-state index in [0.717, 1.165) is 34.8 Å². The van der Waals surface area contributed by atoms with Crippen LogP contribution in [0.25, 0.3) is 11.0 Å². The Morgan fingerprint density at radius 1 is 1.03 bits per heavy atom. The highest BCUT2D eigenvalue weighted by Crippen LogP contribution is 2.44. The van der Waals surface area contributed by atoms with E-state index in [0.29, 0.717) is 29.9 Å². The quantitative estimate of drug-likeness (QED) is 0.317. The zero-order chi connectivity index (χ0) is 27.1. The molecule has 0 bridgehead atoms. The molecule has 2 unspecified atom stereocenters. The molecule has 1 aliphatic carbocycles. The Morgan fingerprint density at radius 3 is 2.49 bits per heavy atom. The van der Waals surface area contributed by atoms with Crippen LogP contribution >= 0.6 is 0 Å². The fraction of sp³-hybridized carbons (Fsp3) is 0.310. The SMILES string of the molecule is COc1cc(OC)c(F)c(N2Cc3cnc4[nH]ccc4c3N(C3CCCC3OCc3ccccc3)C2=O)c1F. The van der Waals surface area contributed by atoms with Crippen molar-refractivity contribution in [3.8, 4) is 11.5 Å². The summed E-state index contributed by atoms with van der Waals surface area (Å²) < 4.78 is 47.8. The minimum absolute atomic E-state index is 0.0782. The van der Waals surface area contributed by atoms with Crippen molar-refractivity contribution in [2.45, 2.75) is 44.6 Å². The fourth-order valence-corrected chi connectivity index (χ4v) is 5.66. The van der Waals surface area contributed by atoms with Gasteiger partial charge in [-0.3, -0.25) is 9.80 Å². The molecule has 202 valence electrons. The second-order valence-electron chi connectivity index (χ2n) is 9.70. The summed E-state index contributed by atoms with van der Waals surface area (Å²) in [6.07, 6.45) is 5.42. The first kappa shape index (κ1) is 25.1. The number of anilines is 2. The molecule has 0 radical (unpaired) electrons. The molecule has 0 saturated heterocycles. The van der Waals surface area contributed by atoms with E-state index in [1.54, 1.807) is 17.3 Å². The molecule has 8 nitrogen and oxygen atoms in total. The van der Waals surface area contributed by atoms with Crippen LogP contribution in [0.5, 0.6) is 11.5 Å². The van der Waals surface area contributed by atoms with Gasteiger partial charge < -0.3 is 19.2 Å². The number of nitrogens with one attached hydrogen (secondary N) is 1. The number of urea groups is 1. The highest BCUT2D eigenvalue weighted by molar-refractivity contribution is 6.12. The molecule has 2 atom stereocenters. The van der Waals surface area contributed by atoms with E-state index >= 15 is 8.78 Å². The van der Waals surface area contributed by atoms with Gasteiger partial charge in [0.25, 0.3) is 0 Å². The van der Waals surface area contributed by atoms with E-state index in [2.05, 4.69) is 9.97 Å². The maximum atomic E-state index is 15.6. The zero-order valence-corrected chi connectivity index (χ0v) is 21.6. The van der Waals surface area contributed by atoms with Gasteiger partial charge in [-0.25, -0.2) is 18.6 Å². The van der Waals surface area contributed by atoms with Gasteiger partial charge in [-0.15, -0.1) is 0 Å². The Kier molecular flexibility index (Phi) is 6.56. The lowest BCUT2D eigenvalue weighted by atomic mass is 10.0. The molecule has 1 fully saturated rings. The highest BCUT2D eigenvalue weighted by atomic mass is 19.1. The Balaban J connectivity index is 1.45. The van der Waals surface area contributed by atoms with Crippen LogP contribution in [-0.2, 0) is 17.9 Å². The summed E-state index contributed by atoms with van der Waals surface area (Å²) in [6, 6.07) is 11.9. The minimum Gasteiger partial charge on any atom is -0.493 e. The van der Waals surface area contributed by atoms with E-state index in [9.17, 15) is 4.79 Å². The van der Waals surface area contributed by atoms with Gasteiger partial charge in [-0.1, -0.05) is 30.3 Å². The maximum absolute atomic E-state index is 15.6.